The van der Waals surface area contributed by atoms with Crippen LogP contribution in [0.15, 0.2) is 18.2 Å². The molecule has 1 aromatic carbocycles. The van der Waals surface area contributed by atoms with Crippen molar-refractivity contribution in [1.29, 1.82) is 0 Å². The number of halogens is 2. The summed E-state index contributed by atoms with van der Waals surface area (Å²) in [5, 5.41) is 13.0. The molecule has 0 aliphatic heterocycles. The van der Waals surface area contributed by atoms with Crippen LogP contribution in [0.4, 0.5) is 5.13 Å². The standard InChI is InChI=1S/C14H15Cl2N3OS/c1-2-3-4-5-12-18-19-14(21-12)17-13(20)10-8-9(15)6-7-11(10)16/h6-8H,2-5H2,1H3,(H,17,19,20). The molecule has 1 heterocycles. The molecule has 1 N–H and O–H groups in total. The Morgan fingerprint density at radius 2 is 2.10 bits per heavy atom. The zero-order valence-electron chi connectivity index (χ0n) is 11.5. The van der Waals surface area contributed by atoms with E-state index in [0.29, 0.717) is 20.7 Å². The van der Waals surface area contributed by atoms with Crippen LogP contribution >= 0.6 is 34.5 Å². The summed E-state index contributed by atoms with van der Waals surface area (Å²) < 4.78 is 0. The van der Waals surface area contributed by atoms with Crippen molar-refractivity contribution in [2.75, 3.05) is 5.32 Å². The number of amides is 1. The molecule has 7 heteroatoms. The third kappa shape index (κ3) is 4.66. The highest BCUT2D eigenvalue weighted by molar-refractivity contribution is 7.15. The van der Waals surface area contributed by atoms with Crippen LogP contribution < -0.4 is 5.32 Å². The minimum atomic E-state index is -0.334. The van der Waals surface area contributed by atoms with Gasteiger partial charge in [0.15, 0.2) is 0 Å². The van der Waals surface area contributed by atoms with Crippen molar-refractivity contribution in [2.45, 2.75) is 32.6 Å². The summed E-state index contributed by atoms with van der Waals surface area (Å²) in [4.78, 5) is 12.1. The fraction of sp³-hybridized carbons (Fsp3) is 0.357. The highest BCUT2D eigenvalue weighted by atomic mass is 35.5. The van der Waals surface area contributed by atoms with Gasteiger partial charge in [0.2, 0.25) is 5.13 Å². The number of hydrogen-bond acceptors (Lipinski definition) is 4. The Balaban J connectivity index is 2.01. The Labute approximate surface area is 137 Å². The van der Waals surface area contributed by atoms with E-state index in [-0.39, 0.29) is 5.91 Å². The summed E-state index contributed by atoms with van der Waals surface area (Å²) in [5.41, 5.74) is 0.326. The van der Waals surface area contributed by atoms with E-state index in [4.69, 9.17) is 23.2 Å². The Hall–Kier alpha value is -1.17. The molecule has 21 heavy (non-hydrogen) atoms. The van der Waals surface area contributed by atoms with Crippen molar-refractivity contribution >= 4 is 45.6 Å². The second-order valence-corrected chi connectivity index (χ2v) is 6.44. The molecule has 0 bridgehead atoms. The van der Waals surface area contributed by atoms with E-state index in [1.807, 2.05) is 0 Å². The van der Waals surface area contributed by atoms with E-state index in [0.717, 1.165) is 24.3 Å². The molecule has 1 aromatic heterocycles. The van der Waals surface area contributed by atoms with Crippen molar-refractivity contribution in [2.24, 2.45) is 0 Å². The van der Waals surface area contributed by atoms with Crippen LogP contribution in [0.2, 0.25) is 10.0 Å². The summed E-state index contributed by atoms with van der Waals surface area (Å²) >= 11 is 13.3. The van der Waals surface area contributed by atoms with Gasteiger partial charge in [-0.2, -0.15) is 0 Å². The third-order valence-corrected chi connectivity index (χ3v) is 4.32. The van der Waals surface area contributed by atoms with Crippen LogP contribution in [-0.2, 0) is 6.42 Å². The largest absolute Gasteiger partial charge is 0.296 e. The molecule has 0 saturated carbocycles. The predicted molar refractivity (Wildman–Crippen MR) is 87.6 cm³/mol. The molecule has 0 atom stereocenters. The summed E-state index contributed by atoms with van der Waals surface area (Å²) in [6.07, 6.45) is 4.30. The van der Waals surface area contributed by atoms with Crippen LogP contribution in [0.25, 0.3) is 0 Å². The number of carbonyl (C=O) groups excluding carboxylic acids is 1. The number of benzene rings is 1. The number of nitrogens with one attached hydrogen (secondary N) is 1. The zero-order valence-corrected chi connectivity index (χ0v) is 13.9. The zero-order chi connectivity index (χ0) is 15.2. The van der Waals surface area contributed by atoms with Crippen molar-refractivity contribution in [3.8, 4) is 0 Å². The molecule has 4 nitrogen and oxygen atoms in total. The number of aryl methyl sites for hydroxylation is 1. The number of carbonyl (C=O) groups is 1. The average Bonchev–Trinajstić information content (AvgIpc) is 2.89. The molecule has 2 aromatic rings. The lowest BCUT2D eigenvalue weighted by Gasteiger charge is -2.03. The van der Waals surface area contributed by atoms with Crippen LogP contribution in [-0.4, -0.2) is 16.1 Å². The average molecular weight is 344 g/mol. The van der Waals surface area contributed by atoms with Gasteiger partial charge in [-0.25, -0.2) is 0 Å². The monoisotopic (exact) mass is 343 g/mol. The van der Waals surface area contributed by atoms with Crippen LogP contribution in [0.5, 0.6) is 0 Å². The number of anilines is 1. The maximum Gasteiger partial charge on any atom is 0.259 e. The number of hydrogen-bond donors (Lipinski definition) is 1. The quantitative estimate of drug-likeness (QED) is 0.764. The lowest BCUT2D eigenvalue weighted by Crippen LogP contribution is -2.12. The molecule has 0 aliphatic carbocycles. The molecule has 0 unspecified atom stereocenters. The van der Waals surface area contributed by atoms with Gasteiger partial charge in [0.05, 0.1) is 10.6 Å². The number of unbranched alkanes of at least 4 members (excludes halogenated alkanes) is 2. The first kappa shape index (κ1) is 16.2. The lowest BCUT2D eigenvalue weighted by atomic mass is 10.2. The summed E-state index contributed by atoms with van der Waals surface area (Å²) in [7, 11) is 0. The molecular formula is C14H15Cl2N3OS. The normalized spacial score (nSPS) is 10.6. The van der Waals surface area contributed by atoms with Gasteiger partial charge in [0, 0.05) is 11.4 Å². The van der Waals surface area contributed by atoms with Gasteiger partial charge in [-0.3, -0.25) is 10.1 Å². The minimum absolute atomic E-state index is 0.326. The van der Waals surface area contributed by atoms with Crippen LogP contribution in [0.1, 0.15) is 41.6 Å². The summed E-state index contributed by atoms with van der Waals surface area (Å²) in [5.74, 6) is -0.334. The van der Waals surface area contributed by atoms with Gasteiger partial charge in [-0.05, 0) is 24.6 Å². The molecule has 1 amide bonds. The molecule has 0 saturated heterocycles. The first-order valence-corrected chi connectivity index (χ1v) is 8.26. The van der Waals surface area contributed by atoms with Crippen LogP contribution in [0.3, 0.4) is 0 Å². The van der Waals surface area contributed by atoms with E-state index >= 15 is 0 Å². The lowest BCUT2D eigenvalue weighted by molar-refractivity contribution is 0.102. The first-order chi connectivity index (χ1) is 10.1. The molecular weight excluding hydrogens is 329 g/mol. The Morgan fingerprint density at radius 1 is 1.29 bits per heavy atom. The van der Waals surface area contributed by atoms with E-state index < -0.39 is 0 Å². The summed E-state index contributed by atoms with van der Waals surface area (Å²) in [6.45, 7) is 2.15. The highest BCUT2D eigenvalue weighted by Crippen LogP contribution is 2.23. The second kappa shape index (κ2) is 7.73. The van der Waals surface area contributed by atoms with Crippen molar-refractivity contribution in [1.82, 2.24) is 10.2 Å². The molecule has 0 spiro atoms. The van der Waals surface area contributed by atoms with Gasteiger partial charge in [0.1, 0.15) is 5.01 Å². The Morgan fingerprint density at radius 3 is 2.86 bits per heavy atom. The molecule has 0 radical (unpaired) electrons. The SMILES string of the molecule is CCCCCc1nnc(NC(=O)c2cc(Cl)ccc2Cl)s1. The molecule has 0 fully saturated rings. The molecule has 0 aliphatic rings. The van der Waals surface area contributed by atoms with Crippen molar-refractivity contribution < 1.29 is 4.79 Å². The van der Waals surface area contributed by atoms with Crippen molar-refractivity contribution in [3.63, 3.8) is 0 Å². The molecule has 2 rings (SSSR count). The van der Waals surface area contributed by atoms with E-state index in [9.17, 15) is 4.79 Å². The number of rotatable bonds is 6. The number of aromatic nitrogens is 2. The van der Waals surface area contributed by atoms with E-state index in [2.05, 4.69) is 22.4 Å². The van der Waals surface area contributed by atoms with Gasteiger partial charge in [-0.1, -0.05) is 54.3 Å². The minimum Gasteiger partial charge on any atom is -0.296 e. The van der Waals surface area contributed by atoms with Gasteiger partial charge in [-0.15, -0.1) is 10.2 Å². The maximum atomic E-state index is 12.1. The van der Waals surface area contributed by atoms with Crippen LogP contribution in [0, 0.1) is 0 Å². The molecule has 112 valence electrons. The fourth-order valence-corrected chi connectivity index (χ4v) is 2.92. The maximum absolute atomic E-state index is 12.1. The van der Waals surface area contributed by atoms with Crippen molar-refractivity contribution in [3.05, 3.63) is 38.8 Å². The smallest absolute Gasteiger partial charge is 0.259 e. The second-order valence-electron chi connectivity index (χ2n) is 4.54. The number of nitrogens with zero attached hydrogens (tertiary/aromatic N) is 2. The predicted octanol–water partition coefficient (Wildman–Crippen LogP) is 4.83. The van der Waals surface area contributed by atoms with Gasteiger partial charge in [0.25, 0.3) is 5.91 Å². The fourth-order valence-electron chi connectivity index (χ4n) is 1.77. The van der Waals surface area contributed by atoms with E-state index in [1.165, 1.54) is 23.8 Å². The summed E-state index contributed by atoms with van der Waals surface area (Å²) in [6, 6.07) is 4.76. The first-order valence-electron chi connectivity index (χ1n) is 6.69. The highest BCUT2D eigenvalue weighted by Gasteiger charge is 2.13. The Bertz CT molecular complexity index is 630. The Kier molecular flexibility index (Phi) is 5.96. The third-order valence-electron chi connectivity index (χ3n) is 2.85. The topological polar surface area (TPSA) is 54.9 Å². The van der Waals surface area contributed by atoms with E-state index in [1.54, 1.807) is 12.1 Å². The van der Waals surface area contributed by atoms with Gasteiger partial charge >= 0.3 is 0 Å². The van der Waals surface area contributed by atoms with Gasteiger partial charge < -0.3 is 0 Å².